The lowest BCUT2D eigenvalue weighted by Gasteiger charge is -2.16. The Morgan fingerprint density at radius 1 is 1.18 bits per heavy atom. The molecule has 12 heteroatoms. The van der Waals surface area contributed by atoms with Crippen molar-refractivity contribution in [3.8, 4) is 17.0 Å². The quantitative estimate of drug-likeness (QED) is 0.413. The van der Waals surface area contributed by atoms with Gasteiger partial charge in [-0.1, -0.05) is 6.07 Å². The van der Waals surface area contributed by atoms with Gasteiger partial charge < -0.3 is 25.7 Å². The van der Waals surface area contributed by atoms with Gasteiger partial charge in [-0.15, -0.1) is 10.2 Å². The maximum absolute atomic E-state index is 12.6. The predicted octanol–water partition coefficient (Wildman–Crippen LogP) is 2.32. The van der Waals surface area contributed by atoms with Gasteiger partial charge in [0.2, 0.25) is 5.91 Å². The number of hydrogen-bond acceptors (Lipinski definition) is 8. The van der Waals surface area contributed by atoms with Crippen molar-refractivity contribution in [1.29, 1.82) is 0 Å². The molecule has 0 radical (unpaired) electrons. The molecule has 11 nitrogen and oxygen atoms in total. The Kier molecular flexibility index (Phi) is 6.14. The maximum atomic E-state index is 12.6. The molecule has 1 aromatic carbocycles. The number of methoxy groups -OCH3 is 1. The number of para-hydroxylation sites is 1. The highest BCUT2D eigenvalue weighted by atomic mass is 31.2. The number of primary amides is 1. The van der Waals surface area contributed by atoms with E-state index in [9.17, 15) is 14.2 Å². The van der Waals surface area contributed by atoms with Crippen LogP contribution in [0.15, 0.2) is 30.3 Å². The maximum Gasteiger partial charge on any atom is 0.271 e. The SMILES string of the molecule is COc1c(Nc2cc(NC(=O)C3CC3)nnc2C(N)=O)cccc1-c1cc(P(C)(C)=O)n(C)n1. The van der Waals surface area contributed by atoms with Crippen molar-refractivity contribution in [2.75, 3.05) is 31.1 Å². The monoisotopic (exact) mass is 483 g/mol. The summed E-state index contributed by atoms with van der Waals surface area (Å²) in [6, 6.07) is 8.65. The normalized spacial score (nSPS) is 13.4. The highest BCUT2D eigenvalue weighted by Gasteiger charge is 2.30. The third-order valence-electron chi connectivity index (χ3n) is 5.40. The summed E-state index contributed by atoms with van der Waals surface area (Å²) in [5.41, 5.74) is 8.05. The molecule has 1 aliphatic carbocycles. The first-order valence-corrected chi connectivity index (χ1v) is 13.2. The Morgan fingerprint density at radius 2 is 1.91 bits per heavy atom. The zero-order valence-electron chi connectivity index (χ0n) is 19.3. The highest BCUT2D eigenvalue weighted by molar-refractivity contribution is 7.69. The van der Waals surface area contributed by atoms with Crippen LogP contribution in [0.1, 0.15) is 23.3 Å². The second kappa shape index (κ2) is 8.90. The summed E-state index contributed by atoms with van der Waals surface area (Å²) in [4.78, 5) is 24.1. The molecule has 1 aliphatic rings. The van der Waals surface area contributed by atoms with Crippen LogP contribution in [0, 0.1) is 5.92 Å². The second-order valence-corrected chi connectivity index (χ2v) is 11.7. The lowest BCUT2D eigenvalue weighted by atomic mass is 10.1. The van der Waals surface area contributed by atoms with Gasteiger partial charge in [0.1, 0.15) is 7.14 Å². The van der Waals surface area contributed by atoms with Crippen LogP contribution >= 0.6 is 7.14 Å². The van der Waals surface area contributed by atoms with E-state index >= 15 is 0 Å². The third-order valence-corrected chi connectivity index (χ3v) is 6.92. The lowest BCUT2D eigenvalue weighted by Crippen LogP contribution is -2.19. The van der Waals surface area contributed by atoms with Crippen molar-refractivity contribution in [1.82, 2.24) is 20.0 Å². The molecule has 0 spiro atoms. The van der Waals surface area contributed by atoms with E-state index in [1.54, 1.807) is 43.3 Å². The van der Waals surface area contributed by atoms with Crippen LogP contribution in [0.5, 0.6) is 5.75 Å². The third kappa shape index (κ3) is 4.79. The van der Waals surface area contributed by atoms with E-state index in [4.69, 9.17) is 10.5 Å². The number of amides is 2. The Bertz CT molecular complexity index is 1330. The number of rotatable bonds is 8. The minimum absolute atomic E-state index is 0.0180. The van der Waals surface area contributed by atoms with Crippen molar-refractivity contribution >= 4 is 41.6 Å². The average Bonchev–Trinajstić information content (AvgIpc) is 3.54. The van der Waals surface area contributed by atoms with Crippen LogP contribution in [0.2, 0.25) is 0 Å². The van der Waals surface area contributed by atoms with Crippen LogP contribution in [0.4, 0.5) is 17.2 Å². The fourth-order valence-corrected chi connectivity index (χ4v) is 4.77. The Morgan fingerprint density at radius 3 is 2.50 bits per heavy atom. The van der Waals surface area contributed by atoms with Crippen LogP contribution < -0.4 is 26.5 Å². The van der Waals surface area contributed by atoms with Gasteiger partial charge in [0.15, 0.2) is 17.3 Å². The number of carbonyl (C=O) groups excluding carboxylic acids is 2. The average molecular weight is 483 g/mol. The molecule has 34 heavy (non-hydrogen) atoms. The summed E-state index contributed by atoms with van der Waals surface area (Å²) >= 11 is 0. The first kappa shape index (κ1) is 23.4. The van der Waals surface area contributed by atoms with Crippen molar-refractivity contribution in [2.24, 2.45) is 18.7 Å². The topological polar surface area (TPSA) is 154 Å². The van der Waals surface area contributed by atoms with Gasteiger partial charge in [0, 0.05) is 24.6 Å². The molecule has 3 aromatic rings. The molecular weight excluding hydrogens is 457 g/mol. The number of aryl methyl sites for hydroxylation is 1. The fraction of sp³-hybridized carbons (Fsp3) is 0.318. The molecule has 2 heterocycles. The van der Waals surface area contributed by atoms with Gasteiger partial charge in [0.25, 0.3) is 5.91 Å². The zero-order valence-corrected chi connectivity index (χ0v) is 20.2. The van der Waals surface area contributed by atoms with Gasteiger partial charge in [-0.3, -0.25) is 14.3 Å². The van der Waals surface area contributed by atoms with Gasteiger partial charge >= 0.3 is 0 Å². The van der Waals surface area contributed by atoms with Crippen molar-refractivity contribution in [2.45, 2.75) is 12.8 Å². The molecule has 0 atom stereocenters. The molecule has 0 saturated heterocycles. The molecule has 4 rings (SSSR count). The van der Waals surface area contributed by atoms with Crippen LogP contribution in [-0.2, 0) is 16.4 Å². The summed E-state index contributed by atoms with van der Waals surface area (Å²) in [6.07, 6.45) is 1.68. The molecule has 0 unspecified atom stereocenters. The summed E-state index contributed by atoms with van der Waals surface area (Å²) in [5.74, 6) is -0.279. The van der Waals surface area contributed by atoms with Crippen molar-refractivity contribution < 1.29 is 18.9 Å². The number of aromatic nitrogens is 4. The van der Waals surface area contributed by atoms with E-state index in [1.807, 2.05) is 6.07 Å². The van der Waals surface area contributed by atoms with Crippen LogP contribution in [0.25, 0.3) is 11.3 Å². The number of carbonyl (C=O) groups is 2. The Balaban J connectivity index is 1.73. The smallest absolute Gasteiger partial charge is 0.271 e. The minimum Gasteiger partial charge on any atom is -0.494 e. The number of hydrogen-bond donors (Lipinski definition) is 3. The van der Waals surface area contributed by atoms with E-state index in [2.05, 4.69) is 25.9 Å². The molecule has 2 amide bonds. The highest BCUT2D eigenvalue weighted by Crippen LogP contribution is 2.40. The molecule has 178 valence electrons. The van der Waals surface area contributed by atoms with E-state index in [0.717, 1.165) is 12.8 Å². The first-order valence-electron chi connectivity index (χ1n) is 10.6. The molecule has 0 bridgehead atoms. The number of anilines is 3. The molecule has 2 aromatic heterocycles. The zero-order chi connectivity index (χ0) is 24.6. The summed E-state index contributed by atoms with van der Waals surface area (Å²) in [5, 5.41) is 18.1. The minimum atomic E-state index is -2.54. The van der Waals surface area contributed by atoms with Crippen molar-refractivity contribution in [3.05, 3.63) is 36.0 Å². The predicted molar refractivity (Wildman–Crippen MR) is 129 cm³/mol. The summed E-state index contributed by atoms with van der Waals surface area (Å²) < 4.78 is 19.9. The van der Waals surface area contributed by atoms with E-state index < -0.39 is 13.0 Å². The number of nitrogens with two attached hydrogens (primary N) is 1. The number of nitrogens with zero attached hydrogens (tertiary/aromatic N) is 4. The van der Waals surface area contributed by atoms with Gasteiger partial charge in [0.05, 0.1) is 29.6 Å². The van der Waals surface area contributed by atoms with Crippen LogP contribution in [-0.4, -0.2) is 52.2 Å². The second-order valence-electron chi connectivity index (χ2n) is 8.49. The summed E-state index contributed by atoms with van der Waals surface area (Å²) in [6.45, 7) is 3.37. The molecule has 4 N–H and O–H groups in total. The van der Waals surface area contributed by atoms with E-state index in [1.165, 1.54) is 13.2 Å². The lowest BCUT2D eigenvalue weighted by molar-refractivity contribution is -0.117. The summed E-state index contributed by atoms with van der Waals surface area (Å²) in [7, 11) is 0.716. The number of ether oxygens (including phenoxy) is 1. The van der Waals surface area contributed by atoms with Gasteiger partial charge in [-0.2, -0.15) is 5.10 Å². The van der Waals surface area contributed by atoms with Gasteiger partial charge in [-0.05, 0) is 44.4 Å². The van der Waals surface area contributed by atoms with Crippen molar-refractivity contribution in [3.63, 3.8) is 0 Å². The van der Waals surface area contributed by atoms with E-state index in [-0.39, 0.29) is 29.0 Å². The fourth-order valence-electron chi connectivity index (χ4n) is 3.60. The number of benzene rings is 1. The Labute approximate surface area is 196 Å². The number of nitrogens with one attached hydrogen (secondary N) is 2. The standard InChI is InChI=1S/C22H26N7O4P/c1-29-18(34(3,4)32)11-15(28-29)13-6-5-7-14(20(13)33-2)24-16-10-17(25-22(31)12-8-9-12)26-27-19(16)21(23)30/h5-7,10-12H,8-9H2,1-4H3,(H2,23,30)(H2,24,25,26,31). The van der Waals surface area contributed by atoms with Gasteiger partial charge in [-0.25, -0.2) is 0 Å². The Hall–Kier alpha value is -3.72. The van der Waals surface area contributed by atoms with E-state index in [0.29, 0.717) is 28.1 Å². The molecule has 0 aliphatic heterocycles. The first-order chi connectivity index (χ1) is 16.1. The molecule has 1 fully saturated rings. The van der Waals surface area contributed by atoms with Crippen LogP contribution in [0.3, 0.4) is 0 Å². The molecular formula is C22H26N7O4P. The molecule has 1 saturated carbocycles. The largest absolute Gasteiger partial charge is 0.494 e.